The average molecular weight is 477 g/mol. The van der Waals surface area contributed by atoms with Gasteiger partial charge in [-0.05, 0) is 37.2 Å². The Morgan fingerprint density at radius 1 is 1.29 bits per heavy atom. The molecule has 11 heteroatoms. The topological polar surface area (TPSA) is 142 Å². The summed E-state index contributed by atoms with van der Waals surface area (Å²) in [7, 11) is 1.67. The molecule has 0 aliphatic heterocycles. The van der Waals surface area contributed by atoms with E-state index in [1.54, 1.807) is 25.5 Å². The molecule has 0 unspecified atom stereocenters. The van der Waals surface area contributed by atoms with E-state index in [9.17, 15) is 8.78 Å². The maximum atomic E-state index is 13.9. The largest absolute Gasteiger partial charge is 0.403 e. The molecular weight excluding hydrogens is 446 g/mol. The Balaban J connectivity index is 0.00000107. The lowest BCUT2D eigenvalue weighted by Gasteiger charge is -2.15. The van der Waals surface area contributed by atoms with Crippen LogP contribution in [0.15, 0.2) is 59.7 Å². The number of amides is 1. The first-order valence-corrected chi connectivity index (χ1v) is 10.3. The van der Waals surface area contributed by atoms with Crippen LogP contribution in [0.5, 0.6) is 0 Å². The summed E-state index contributed by atoms with van der Waals surface area (Å²) >= 11 is 0. The standard InChI is InChI=1S/C21H25F2N5O.CH3NO.CH2O/c1-25-11-9-21(22,23)8-5-16-13-17-7-12-28(20(17)26-15-16)18(14-24)3-2-4-19-6-10-27-29-19;2-1-3;1-2/h2-3,6-7,10,12-15,25H,4-5,8-9,11,24H2,1H3;1H,(H2,2,3);1H2/b3-2-,18-14+;;. The van der Waals surface area contributed by atoms with E-state index in [1.165, 1.54) is 6.20 Å². The maximum Gasteiger partial charge on any atom is 0.249 e. The molecule has 9 nitrogen and oxygen atoms in total. The van der Waals surface area contributed by atoms with Crippen molar-refractivity contribution in [2.24, 2.45) is 11.5 Å². The number of halogens is 2. The van der Waals surface area contributed by atoms with Gasteiger partial charge in [-0.3, -0.25) is 9.36 Å². The van der Waals surface area contributed by atoms with Gasteiger partial charge in [-0.2, -0.15) is 0 Å². The summed E-state index contributed by atoms with van der Waals surface area (Å²) in [5, 5.41) is 7.31. The van der Waals surface area contributed by atoms with Crippen molar-refractivity contribution in [1.82, 2.24) is 20.0 Å². The SMILES string of the molecule is C=O.CNCCC(F)(F)CCc1cnc2c(ccn2C(/C=C\Cc2ccno2)=C/N)c1.NC=O. The van der Waals surface area contributed by atoms with E-state index in [4.69, 9.17) is 19.8 Å². The second kappa shape index (κ2) is 15.1. The molecule has 3 heterocycles. The molecule has 0 spiro atoms. The molecule has 3 aromatic rings. The molecule has 0 fully saturated rings. The number of allylic oxidation sites excluding steroid dienone is 3. The fourth-order valence-corrected chi connectivity index (χ4v) is 3.03. The first-order chi connectivity index (χ1) is 16.4. The number of nitrogens with zero attached hydrogens (tertiary/aromatic N) is 3. The molecule has 0 saturated carbocycles. The number of hydrogen-bond acceptors (Lipinski definition) is 7. The molecule has 5 N–H and O–H groups in total. The van der Waals surface area contributed by atoms with Crippen LogP contribution in [0.4, 0.5) is 8.78 Å². The van der Waals surface area contributed by atoms with E-state index in [1.807, 2.05) is 41.8 Å². The predicted molar refractivity (Wildman–Crippen MR) is 127 cm³/mol. The fraction of sp³-hybridized carbons (Fsp3) is 0.304. The van der Waals surface area contributed by atoms with Gasteiger partial charge in [0.05, 0.1) is 11.9 Å². The molecule has 0 aliphatic carbocycles. The highest BCUT2D eigenvalue weighted by Crippen LogP contribution is 2.26. The van der Waals surface area contributed by atoms with Crippen molar-refractivity contribution in [3.63, 3.8) is 0 Å². The lowest BCUT2D eigenvalue weighted by atomic mass is 10.0. The van der Waals surface area contributed by atoms with E-state index in [-0.39, 0.29) is 25.7 Å². The third-order valence-electron chi connectivity index (χ3n) is 4.65. The third kappa shape index (κ3) is 8.94. The monoisotopic (exact) mass is 476 g/mol. The van der Waals surface area contributed by atoms with Gasteiger partial charge in [-0.1, -0.05) is 11.2 Å². The first-order valence-electron chi connectivity index (χ1n) is 10.3. The van der Waals surface area contributed by atoms with Gasteiger partial charge in [0.15, 0.2) is 0 Å². The number of pyridine rings is 1. The normalized spacial score (nSPS) is 11.6. The van der Waals surface area contributed by atoms with Crippen molar-refractivity contribution in [1.29, 1.82) is 0 Å². The quantitative estimate of drug-likeness (QED) is 0.302. The summed E-state index contributed by atoms with van der Waals surface area (Å²) in [6, 6.07) is 5.60. The minimum Gasteiger partial charge on any atom is -0.403 e. The number of hydrogen-bond donors (Lipinski definition) is 3. The van der Waals surface area contributed by atoms with Crippen molar-refractivity contribution in [2.75, 3.05) is 13.6 Å². The molecule has 3 rings (SSSR count). The van der Waals surface area contributed by atoms with Crippen molar-refractivity contribution in [3.05, 3.63) is 66.5 Å². The maximum absolute atomic E-state index is 13.9. The van der Waals surface area contributed by atoms with Gasteiger partial charge in [-0.25, -0.2) is 13.8 Å². The molecule has 34 heavy (non-hydrogen) atoms. The summed E-state index contributed by atoms with van der Waals surface area (Å²) in [6.45, 7) is 2.30. The number of aryl methyl sites for hydroxylation is 1. The number of nitrogens with two attached hydrogens (primary N) is 2. The fourth-order valence-electron chi connectivity index (χ4n) is 3.03. The number of primary amides is 1. The van der Waals surface area contributed by atoms with Crippen LogP contribution in [-0.2, 0) is 22.4 Å². The van der Waals surface area contributed by atoms with E-state index < -0.39 is 5.92 Å². The van der Waals surface area contributed by atoms with E-state index in [0.717, 1.165) is 28.1 Å². The Bertz CT molecular complexity index is 1050. The highest BCUT2D eigenvalue weighted by atomic mass is 19.3. The number of fused-ring (bicyclic) bond motifs is 1. The Hall–Kier alpha value is -3.86. The van der Waals surface area contributed by atoms with Crippen LogP contribution in [0.2, 0.25) is 0 Å². The number of carbonyl (C=O) groups is 2. The van der Waals surface area contributed by atoms with Gasteiger partial charge in [0.1, 0.15) is 18.2 Å². The minimum atomic E-state index is -2.69. The van der Waals surface area contributed by atoms with Crippen LogP contribution < -0.4 is 16.8 Å². The van der Waals surface area contributed by atoms with Crippen molar-refractivity contribution in [3.8, 4) is 0 Å². The smallest absolute Gasteiger partial charge is 0.249 e. The van der Waals surface area contributed by atoms with Gasteiger partial charge in [0, 0.05) is 55.9 Å². The Morgan fingerprint density at radius 3 is 2.65 bits per heavy atom. The van der Waals surface area contributed by atoms with Gasteiger partial charge in [0.25, 0.3) is 0 Å². The summed E-state index contributed by atoms with van der Waals surface area (Å²) in [5.41, 5.74) is 12.2. The highest BCUT2D eigenvalue weighted by Gasteiger charge is 2.27. The first kappa shape index (κ1) is 28.2. The zero-order valence-corrected chi connectivity index (χ0v) is 19.0. The van der Waals surface area contributed by atoms with Crippen molar-refractivity contribution < 1.29 is 22.9 Å². The van der Waals surface area contributed by atoms with E-state index in [0.29, 0.717) is 13.0 Å². The molecule has 1 amide bonds. The molecule has 3 aromatic heterocycles. The van der Waals surface area contributed by atoms with Crippen molar-refractivity contribution >= 4 is 29.9 Å². The zero-order valence-electron chi connectivity index (χ0n) is 19.0. The molecule has 0 bridgehead atoms. The average Bonchev–Trinajstić information content (AvgIpc) is 3.51. The Labute approximate surface area is 196 Å². The van der Waals surface area contributed by atoms with E-state index >= 15 is 0 Å². The molecule has 0 atom stereocenters. The van der Waals surface area contributed by atoms with Gasteiger partial charge in [-0.15, -0.1) is 0 Å². The molecule has 0 radical (unpaired) electrons. The van der Waals surface area contributed by atoms with Crippen LogP contribution in [0, 0.1) is 0 Å². The summed E-state index contributed by atoms with van der Waals surface area (Å²) in [5.74, 6) is -1.93. The number of rotatable bonds is 10. The number of carbonyl (C=O) groups excluding carboxylic acids is 2. The van der Waals surface area contributed by atoms with Crippen LogP contribution in [0.1, 0.15) is 24.2 Å². The highest BCUT2D eigenvalue weighted by molar-refractivity contribution is 5.81. The second-order valence-electron chi connectivity index (χ2n) is 6.96. The van der Waals surface area contributed by atoms with Gasteiger partial charge < -0.3 is 26.1 Å². The zero-order chi connectivity index (χ0) is 25.4. The van der Waals surface area contributed by atoms with Crippen LogP contribution in [0.3, 0.4) is 0 Å². The Kier molecular flexibility index (Phi) is 12.5. The molecule has 0 aliphatic rings. The summed E-state index contributed by atoms with van der Waals surface area (Å²) < 4.78 is 34.7. The number of aromatic nitrogens is 3. The number of alkyl halides is 2. The predicted octanol–water partition coefficient (Wildman–Crippen LogP) is 2.67. The van der Waals surface area contributed by atoms with E-state index in [2.05, 4.69) is 21.2 Å². The second-order valence-corrected chi connectivity index (χ2v) is 6.96. The number of nitrogens with one attached hydrogen (secondary N) is 1. The lowest BCUT2D eigenvalue weighted by molar-refractivity contribution is -0.107. The summed E-state index contributed by atoms with van der Waals surface area (Å²) in [4.78, 5) is 21.1. The van der Waals surface area contributed by atoms with Crippen LogP contribution in [-0.4, -0.2) is 47.4 Å². The molecular formula is C23H30F2N6O3. The van der Waals surface area contributed by atoms with Crippen LogP contribution in [0.25, 0.3) is 16.7 Å². The molecule has 0 saturated heterocycles. The molecule has 0 aromatic carbocycles. The van der Waals surface area contributed by atoms with Gasteiger partial charge >= 0.3 is 0 Å². The van der Waals surface area contributed by atoms with Gasteiger partial charge in [0.2, 0.25) is 12.3 Å². The Morgan fingerprint density at radius 2 is 2.03 bits per heavy atom. The lowest BCUT2D eigenvalue weighted by Crippen LogP contribution is -2.23. The van der Waals surface area contributed by atoms with Crippen molar-refractivity contribution in [2.45, 2.75) is 31.6 Å². The molecule has 184 valence electrons. The summed E-state index contributed by atoms with van der Waals surface area (Å²) in [6.07, 6.45) is 11.2. The minimum absolute atomic E-state index is 0.166. The third-order valence-corrected chi connectivity index (χ3v) is 4.65. The van der Waals surface area contributed by atoms with Crippen LogP contribution >= 0.6 is 0 Å².